The maximum absolute atomic E-state index is 13.1. The number of carbonyl (C=O) groups excluding carboxylic acids is 1. The van der Waals surface area contributed by atoms with E-state index in [1.165, 1.54) is 4.90 Å². The summed E-state index contributed by atoms with van der Waals surface area (Å²) in [5.74, 6) is -0.290. The molecule has 1 unspecified atom stereocenters. The second kappa shape index (κ2) is 11.1. The molecule has 216 valence electrons. The van der Waals surface area contributed by atoms with Gasteiger partial charge < -0.3 is 9.88 Å². The van der Waals surface area contributed by atoms with E-state index in [-0.39, 0.29) is 24.8 Å². The molecule has 0 aliphatic carbocycles. The number of aromatic nitrogens is 5. The van der Waals surface area contributed by atoms with Gasteiger partial charge in [-0.05, 0) is 42.8 Å². The molecule has 0 bridgehead atoms. The van der Waals surface area contributed by atoms with Crippen molar-refractivity contribution in [2.45, 2.75) is 38.2 Å². The Labute approximate surface area is 230 Å². The molecule has 0 spiro atoms. The van der Waals surface area contributed by atoms with Gasteiger partial charge in [-0.1, -0.05) is 6.07 Å². The lowest BCUT2D eigenvalue weighted by molar-refractivity contribution is -0.162. The topological polar surface area (TPSA) is 90.9 Å². The van der Waals surface area contributed by atoms with E-state index in [2.05, 4.69) is 29.8 Å². The van der Waals surface area contributed by atoms with E-state index in [0.29, 0.717) is 41.9 Å². The van der Waals surface area contributed by atoms with Crippen LogP contribution in [0.1, 0.15) is 42.2 Å². The molecule has 8 nitrogen and oxygen atoms in total. The molecule has 1 aliphatic heterocycles. The van der Waals surface area contributed by atoms with Crippen LogP contribution in [0.25, 0.3) is 22.3 Å². The summed E-state index contributed by atoms with van der Waals surface area (Å²) in [4.78, 5) is 34.8. The zero-order valence-electron chi connectivity index (χ0n) is 21.8. The van der Waals surface area contributed by atoms with Gasteiger partial charge in [0.15, 0.2) is 0 Å². The van der Waals surface area contributed by atoms with Crippen molar-refractivity contribution >= 4 is 16.9 Å². The van der Waals surface area contributed by atoms with E-state index >= 15 is 0 Å². The van der Waals surface area contributed by atoms with Crippen molar-refractivity contribution in [3.05, 3.63) is 71.7 Å². The van der Waals surface area contributed by atoms with Gasteiger partial charge in [0.05, 0.1) is 16.7 Å². The molecule has 4 heterocycles. The summed E-state index contributed by atoms with van der Waals surface area (Å²) in [6.07, 6.45) is -7.61. The van der Waals surface area contributed by atoms with Crippen LogP contribution >= 0.6 is 0 Å². The van der Waals surface area contributed by atoms with Crippen molar-refractivity contribution in [1.29, 1.82) is 0 Å². The minimum absolute atomic E-state index is 0.0516. The monoisotopic (exact) mass is 577 g/mol. The number of hydrogen-bond acceptors (Lipinski definition) is 6. The van der Waals surface area contributed by atoms with Crippen molar-refractivity contribution < 1.29 is 31.1 Å². The fraction of sp³-hybridized carbons (Fsp3) is 0.370. The fourth-order valence-corrected chi connectivity index (χ4v) is 4.85. The largest absolute Gasteiger partial charge is 0.433 e. The number of fused-ring (bicyclic) bond motifs is 1. The summed E-state index contributed by atoms with van der Waals surface area (Å²) in [6, 6.07) is 9.68. The van der Waals surface area contributed by atoms with Crippen molar-refractivity contribution in [1.82, 2.24) is 34.7 Å². The maximum Gasteiger partial charge on any atom is 0.433 e. The second-order valence-corrected chi connectivity index (χ2v) is 9.84. The molecule has 0 saturated carbocycles. The van der Waals surface area contributed by atoms with Crippen molar-refractivity contribution in [2.24, 2.45) is 0 Å². The van der Waals surface area contributed by atoms with Gasteiger partial charge in [-0.25, -0.2) is 15.0 Å². The van der Waals surface area contributed by atoms with E-state index in [9.17, 15) is 31.1 Å². The third-order valence-electron chi connectivity index (χ3n) is 7.02. The van der Waals surface area contributed by atoms with E-state index in [4.69, 9.17) is 0 Å². The van der Waals surface area contributed by atoms with Gasteiger partial charge in [-0.15, -0.1) is 0 Å². The number of amides is 1. The molecule has 1 aliphatic rings. The molecular weight excluding hydrogens is 552 g/mol. The average molecular weight is 578 g/mol. The Morgan fingerprint density at radius 3 is 2.44 bits per heavy atom. The highest BCUT2D eigenvalue weighted by atomic mass is 19.4. The van der Waals surface area contributed by atoms with Crippen LogP contribution in [0.2, 0.25) is 0 Å². The minimum atomic E-state index is -4.58. The number of nitrogens with one attached hydrogen (secondary N) is 1. The number of nitrogens with zero attached hydrogens (tertiary/aromatic N) is 6. The normalized spacial score (nSPS) is 15.8. The summed E-state index contributed by atoms with van der Waals surface area (Å²) in [7, 11) is 0. The molecule has 1 aromatic carbocycles. The summed E-state index contributed by atoms with van der Waals surface area (Å²) < 4.78 is 76.9. The zero-order valence-corrected chi connectivity index (χ0v) is 21.8. The smallest absolute Gasteiger partial charge is 0.342 e. The number of imidazole rings is 1. The standard InChI is InChI=1S/C27H25F6N7O/c1-16(39-6-8-40(9-7-39)25(41)14-26(28,29)30)17-4-5-34-19(10-17)12-24-37-20-3-2-18(11-22(20)38-24)21-13-23(27(31,32)33)36-15-35-21/h2-5,10-11,13,15-16H,6-9,12,14H2,1H3,(H,37,38). The molecule has 14 heteroatoms. The van der Waals surface area contributed by atoms with E-state index in [0.717, 1.165) is 23.7 Å². The number of H-pyrrole nitrogens is 1. The molecule has 1 N–H and O–H groups in total. The first-order valence-electron chi connectivity index (χ1n) is 12.8. The number of carbonyl (C=O) groups is 1. The number of benzene rings is 1. The first-order valence-corrected chi connectivity index (χ1v) is 12.8. The van der Waals surface area contributed by atoms with Crippen LogP contribution in [0.15, 0.2) is 48.9 Å². The Hall–Kier alpha value is -4.07. The SMILES string of the molecule is CC(c1ccnc(Cc2nc3ccc(-c4cc(C(F)(F)F)ncn4)cc3[nH]2)c1)N1CCN(C(=O)CC(F)(F)F)CC1. The summed E-state index contributed by atoms with van der Waals surface area (Å²) in [5.41, 5.74) is 2.56. The lowest BCUT2D eigenvalue weighted by atomic mass is 10.1. The molecule has 3 aromatic heterocycles. The predicted molar refractivity (Wildman–Crippen MR) is 136 cm³/mol. The minimum Gasteiger partial charge on any atom is -0.342 e. The molecule has 1 saturated heterocycles. The third-order valence-corrected chi connectivity index (χ3v) is 7.02. The highest BCUT2D eigenvalue weighted by Gasteiger charge is 2.35. The van der Waals surface area contributed by atoms with Crippen LogP contribution in [-0.4, -0.2) is 73.0 Å². The highest BCUT2D eigenvalue weighted by molar-refractivity contribution is 5.81. The molecule has 41 heavy (non-hydrogen) atoms. The molecule has 1 atom stereocenters. The number of aromatic amines is 1. The first-order chi connectivity index (χ1) is 19.4. The van der Waals surface area contributed by atoms with Gasteiger partial charge in [0.1, 0.15) is 24.3 Å². The number of alkyl halides is 6. The Morgan fingerprint density at radius 1 is 0.976 bits per heavy atom. The maximum atomic E-state index is 13.1. The van der Waals surface area contributed by atoms with E-state index in [1.807, 2.05) is 19.1 Å². The number of hydrogen-bond donors (Lipinski definition) is 1. The molecule has 0 radical (unpaired) electrons. The first kappa shape index (κ1) is 28.5. The van der Waals surface area contributed by atoms with Crippen LogP contribution < -0.4 is 0 Å². The van der Waals surface area contributed by atoms with Crippen molar-refractivity contribution in [3.8, 4) is 11.3 Å². The Balaban J connectivity index is 1.26. The van der Waals surface area contributed by atoms with Crippen LogP contribution in [0.3, 0.4) is 0 Å². The quantitative estimate of drug-likeness (QED) is 0.318. The summed E-state index contributed by atoms with van der Waals surface area (Å²) >= 11 is 0. The highest BCUT2D eigenvalue weighted by Crippen LogP contribution is 2.30. The lowest BCUT2D eigenvalue weighted by Crippen LogP contribution is -2.50. The zero-order chi connectivity index (χ0) is 29.4. The Morgan fingerprint density at radius 2 is 1.73 bits per heavy atom. The second-order valence-electron chi connectivity index (χ2n) is 9.84. The number of piperazine rings is 1. The number of rotatable bonds is 6. The Bertz CT molecular complexity index is 1540. The van der Waals surface area contributed by atoms with Gasteiger partial charge in [-0.2, -0.15) is 26.3 Å². The summed E-state index contributed by atoms with van der Waals surface area (Å²) in [5, 5.41) is 0. The third kappa shape index (κ3) is 6.81. The lowest BCUT2D eigenvalue weighted by Gasteiger charge is -2.38. The average Bonchev–Trinajstić information content (AvgIpc) is 3.33. The van der Waals surface area contributed by atoms with Crippen molar-refractivity contribution in [3.63, 3.8) is 0 Å². The van der Waals surface area contributed by atoms with E-state index < -0.39 is 30.4 Å². The summed E-state index contributed by atoms with van der Waals surface area (Å²) in [6.45, 7) is 3.35. The van der Waals surface area contributed by atoms with Gasteiger partial charge in [-0.3, -0.25) is 14.7 Å². The van der Waals surface area contributed by atoms with Gasteiger partial charge >= 0.3 is 12.4 Å². The molecule has 1 amide bonds. The van der Waals surface area contributed by atoms with Gasteiger partial charge in [0.2, 0.25) is 5.91 Å². The molecular formula is C27H25F6N7O. The number of pyridine rings is 1. The number of halogens is 6. The van der Waals surface area contributed by atoms with Crippen LogP contribution in [0.5, 0.6) is 0 Å². The van der Waals surface area contributed by atoms with Crippen LogP contribution in [0, 0.1) is 0 Å². The Kier molecular flexibility index (Phi) is 7.68. The molecule has 4 aromatic rings. The van der Waals surface area contributed by atoms with Gasteiger partial charge in [0.25, 0.3) is 0 Å². The predicted octanol–water partition coefficient (Wildman–Crippen LogP) is 5.18. The fourth-order valence-electron chi connectivity index (χ4n) is 4.85. The van der Waals surface area contributed by atoms with Crippen molar-refractivity contribution in [2.75, 3.05) is 26.2 Å². The molecule has 5 rings (SSSR count). The van der Waals surface area contributed by atoms with Crippen LogP contribution in [0.4, 0.5) is 26.3 Å². The molecule has 1 fully saturated rings. The van der Waals surface area contributed by atoms with Crippen LogP contribution in [-0.2, 0) is 17.4 Å². The van der Waals surface area contributed by atoms with E-state index in [1.54, 1.807) is 24.4 Å². The van der Waals surface area contributed by atoms with Gasteiger partial charge in [0, 0.05) is 56.1 Å².